The molecule has 1 saturated carbocycles. The second kappa shape index (κ2) is 9.03. The van der Waals surface area contributed by atoms with Crippen molar-refractivity contribution < 1.29 is 23.1 Å². The molecule has 0 saturated heterocycles. The lowest BCUT2D eigenvalue weighted by Crippen LogP contribution is -2.47. The number of rotatable bonds is 6. The molecule has 0 spiro atoms. The number of benzene rings is 2. The van der Waals surface area contributed by atoms with Crippen LogP contribution in [0, 0.1) is 5.92 Å². The molecule has 0 radical (unpaired) electrons. The van der Waals surface area contributed by atoms with Crippen molar-refractivity contribution in [2.45, 2.75) is 56.1 Å². The smallest absolute Gasteiger partial charge is 0.324 e. The molecule has 7 heteroatoms. The number of sulfonamides is 1. The molecule has 6 nitrogen and oxygen atoms in total. The number of hydrogen-bond donors (Lipinski definition) is 2. The summed E-state index contributed by atoms with van der Waals surface area (Å²) in [6, 6.07) is 11.4. The summed E-state index contributed by atoms with van der Waals surface area (Å²) in [6.07, 6.45) is 2.89. The Bertz CT molecular complexity index is 927. The van der Waals surface area contributed by atoms with E-state index < -0.39 is 28.1 Å². The third kappa shape index (κ3) is 4.90. The predicted octanol–water partition coefficient (Wildman–Crippen LogP) is 2.99. The Morgan fingerprint density at radius 2 is 1.89 bits per heavy atom. The first kappa shape index (κ1) is 20.8. The third-order valence-electron chi connectivity index (χ3n) is 5.26. The molecule has 1 fully saturated rings. The van der Waals surface area contributed by atoms with E-state index in [1.165, 1.54) is 6.07 Å². The van der Waals surface area contributed by atoms with E-state index in [0.717, 1.165) is 23.6 Å². The highest BCUT2D eigenvalue weighted by atomic mass is 32.2. The molecule has 28 heavy (non-hydrogen) atoms. The average molecular weight is 406 g/mol. The predicted molar refractivity (Wildman–Crippen MR) is 107 cm³/mol. The van der Waals surface area contributed by atoms with E-state index in [2.05, 4.69) is 4.72 Å². The molecular weight excluding hydrogens is 378 g/mol. The summed E-state index contributed by atoms with van der Waals surface area (Å²) < 4.78 is 33.7. The minimum absolute atomic E-state index is 0.106. The monoisotopic (exact) mass is 405 g/mol. The second-order valence-electron chi connectivity index (χ2n) is 7.29. The van der Waals surface area contributed by atoms with Gasteiger partial charge in [-0.1, -0.05) is 43.2 Å². The van der Waals surface area contributed by atoms with Crippen LogP contribution < -0.4 is 4.72 Å². The second-order valence-corrected chi connectivity index (χ2v) is 9.01. The number of carbonyl (C=O) groups is 1. The molecule has 2 N–H and O–H groups in total. The highest BCUT2D eigenvalue weighted by Gasteiger charge is 2.35. The number of hydrogen-bond acceptors (Lipinski definition) is 5. The van der Waals surface area contributed by atoms with Crippen molar-refractivity contribution in [2.75, 3.05) is 6.61 Å². The summed E-state index contributed by atoms with van der Waals surface area (Å²) in [6.45, 7) is 1.86. The van der Waals surface area contributed by atoms with Gasteiger partial charge in [-0.3, -0.25) is 4.79 Å². The van der Waals surface area contributed by atoms with Crippen LogP contribution in [0.5, 0.6) is 0 Å². The quantitative estimate of drug-likeness (QED) is 0.569. The molecule has 1 aliphatic rings. The van der Waals surface area contributed by atoms with Crippen molar-refractivity contribution in [1.29, 1.82) is 0 Å². The summed E-state index contributed by atoms with van der Waals surface area (Å²) in [5, 5.41) is 11.9. The van der Waals surface area contributed by atoms with Crippen LogP contribution in [-0.2, 0) is 19.6 Å². The van der Waals surface area contributed by atoms with Gasteiger partial charge in [-0.05, 0) is 55.0 Å². The summed E-state index contributed by atoms with van der Waals surface area (Å²) in [5.74, 6) is -0.891. The van der Waals surface area contributed by atoms with Crippen LogP contribution in [0.1, 0.15) is 39.0 Å². The zero-order valence-electron chi connectivity index (χ0n) is 16.0. The van der Waals surface area contributed by atoms with E-state index in [0.29, 0.717) is 19.3 Å². The highest BCUT2D eigenvalue weighted by molar-refractivity contribution is 7.89. The van der Waals surface area contributed by atoms with Gasteiger partial charge in [0.1, 0.15) is 6.04 Å². The van der Waals surface area contributed by atoms with Crippen LogP contribution in [-0.4, -0.2) is 38.2 Å². The minimum Gasteiger partial charge on any atom is -0.465 e. The molecule has 0 aromatic heterocycles. The average Bonchev–Trinajstić information content (AvgIpc) is 2.90. The number of ether oxygens (including phenoxy) is 1. The van der Waals surface area contributed by atoms with Crippen LogP contribution in [0.4, 0.5) is 0 Å². The lowest BCUT2D eigenvalue weighted by Gasteiger charge is -2.26. The van der Waals surface area contributed by atoms with Crippen molar-refractivity contribution in [3.63, 3.8) is 0 Å². The topological polar surface area (TPSA) is 92.7 Å². The molecule has 2 aromatic carbocycles. The number of nitrogens with one attached hydrogen (secondary N) is 1. The zero-order chi connectivity index (χ0) is 20.1. The lowest BCUT2D eigenvalue weighted by atomic mass is 9.91. The summed E-state index contributed by atoms with van der Waals surface area (Å²) in [5.41, 5.74) is 0. The van der Waals surface area contributed by atoms with E-state index in [9.17, 15) is 18.3 Å². The van der Waals surface area contributed by atoms with Crippen molar-refractivity contribution >= 4 is 26.8 Å². The maximum Gasteiger partial charge on any atom is 0.324 e. The first-order valence-electron chi connectivity index (χ1n) is 9.76. The van der Waals surface area contributed by atoms with Crippen molar-refractivity contribution in [1.82, 2.24) is 4.72 Å². The standard InChI is InChI=1S/C21H27NO5S/c1-2-27-21(24)20(17-9-5-6-10-18(23)13-17)22-28(25,26)19-12-11-15-7-3-4-8-16(15)14-19/h3-4,7-8,11-12,14,17-18,20,22-23H,2,5-6,9-10,13H2,1H3/t17?,18?,20-/m1/s1. The van der Waals surface area contributed by atoms with Gasteiger partial charge in [-0.15, -0.1) is 0 Å². The van der Waals surface area contributed by atoms with Crippen molar-refractivity contribution in [3.8, 4) is 0 Å². The molecular formula is C21H27NO5S. The number of aliphatic hydroxyl groups is 1. The van der Waals surface area contributed by atoms with Crippen LogP contribution in [0.2, 0.25) is 0 Å². The molecule has 1 aliphatic carbocycles. The Morgan fingerprint density at radius 3 is 2.64 bits per heavy atom. The fourth-order valence-electron chi connectivity index (χ4n) is 3.81. The van der Waals surface area contributed by atoms with Gasteiger partial charge >= 0.3 is 5.97 Å². The van der Waals surface area contributed by atoms with E-state index in [4.69, 9.17) is 4.74 Å². The first-order chi connectivity index (χ1) is 13.4. The maximum absolute atomic E-state index is 13.0. The Labute approximate surface area is 166 Å². The molecule has 3 atom stereocenters. The van der Waals surface area contributed by atoms with Crippen molar-refractivity contribution in [2.24, 2.45) is 5.92 Å². The Balaban J connectivity index is 1.89. The molecule has 0 heterocycles. The SMILES string of the molecule is CCOC(=O)[C@H](NS(=O)(=O)c1ccc2ccccc2c1)C1CCCCC(O)C1. The zero-order valence-corrected chi connectivity index (χ0v) is 16.8. The highest BCUT2D eigenvalue weighted by Crippen LogP contribution is 2.28. The van der Waals surface area contributed by atoms with E-state index in [-0.39, 0.29) is 17.4 Å². The fraction of sp³-hybridized carbons (Fsp3) is 0.476. The largest absolute Gasteiger partial charge is 0.465 e. The van der Waals surface area contributed by atoms with Crippen LogP contribution in [0.3, 0.4) is 0 Å². The Morgan fingerprint density at radius 1 is 1.18 bits per heavy atom. The lowest BCUT2D eigenvalue weighted by molar-refractivity contribution is -0.146. The molecule has 152 valence electrons. The van der Waals surface area contributed by atoms with E-state index >= 15 is 0 Å². The van der Waals surface area contributed by atoms with Gasteiger partial charge in [0, 0.05) is 0 Å². The number of fused-ring (bicyclic) bond motifs is 1. The first-order valence-corrected chi connectivity index (χ1v) is 11.2. The molecule has 0 amide bonds. The maximum atomic E-state index is 13.0. The number of esters is 1. The Hall–Kier alpha value is -1.96. The van der Waals surface area contributed by atoms with Gasteiger partial charge in [0.05, 0.1) is 17.6 Å². The van der Waals surface area contributed by atoms with Crippen LogP contribution in [0.25, 0.3) is 10.8 Å². The molecule has 2 aromatic rings. The van der Waals surface area contributed by atoms with Gasteiger partial charge in [0.25, 0.3) is 0 Å². The Kier molecular flexibility index (Phi) is 6.69. The van der Waals surface area contributed by atoms with Gasteiger partial charge in [-0.25, -0.2) is 8.42 Å². The molecule has 3 rings (SSSR count). The summed E-state index contributed by atoms with van der Waals surface area (Å²) >= 11 is 0. The third-order valence-corrected chi connectivity index (χ3v) is 6.70. The van der Waals surface area contributed by atoms with Gasteiger partial charge in [0.2, 0.25) is 10.0 Å². The molecule has 0 bridgehead atoms. The van der Waals surface area contributed by atoms with Gasteiger partial charge < -0.3 is 9.84 Å². The normalized spacial score (nSPS) is 21.8. The molecule has 0 aliphatic heterocycles. The van der Waals surface area contributed by atoms with Gasteiger partial charge in [0.15, 0.2) is 0 Å². The van der Waals surface area contributed by atoms with Crippen LogP contribution >= 0.6 is 0 Å². The summed E-state index contributed by atoms with van der Waals surface area (Å²) in [4.78, 5) is 12.7. The van der Waals surface area contributed by atoms with E-state index in [1.807, 2.05) is 24.3 Å². The van der Waals surface area contributed by atoms with E-state index in [1.54, 1.807) is 19.1 Å². The number of aliphatic hydroxyl groups excluding tert-OH is 1. The minimum atomic E-state index is -3.93. The fourth-order valence-corrected chi connectivity index (χ4v) is 5.10. The van der Waals surface area contributed by atoms with Gasteiger partial charge in [-0.2, -0.15) is 4.72 Å². The number of carbonyl (C=O) groups excluding carboxylic acids is 1. The van der Waals surface area contributed by atoms with Crippen molar-refractivity contribution in [3.05, 3.63) is 42.5 Å². The summed E-state index contributed by atoms with van der Waals surface area (Å²) in [7, 11) is -3.93. The van der Waals surface area contributed by atoms with Crippen LogP contribution in [0.15, 0.2) is 47.4 Å². The molecule has 2 unspecified atom stereocenters.